The van der Waals surface area contributed by atoms with Crippen LogP contribution >= 0.6 is 15.9 Å². The van der Waals surface area contributed by atoms with E-state index in [0.717, 1.165) is 17.1 Å². The van der Waals surface area contributed by atoms with Crippen molar-refractivity contribution in [3.8, 4) is 11.8 Å². The molecule has 2 rings (SSSR count). The van der Waals surface area contributed by atoms with Crippen molar-refractivity contribution in [3.05, 3.63) is 46.2 Å². The Morgan fingerprint density at radius 2 is 2.06 bits per heavy atom. The Morgan fingerprint density at radius 3 is 2.56 bits per heavy atom. The summed E-state index contributed by atoms with van der Waals surface area (Å²) in [6.45, 7) is 0. The van der Waals surface area contributed by atoms with Crippen LogP contribution in [0.15, 0.2) is 35.1 Å². The molecule has 0 radical (unpaired) electrons. The van der Waals surface area contributed by atoms with Crippen LogP contribution in [0.1, 0.15) is 11.1 Å². The second kappa shape index (κ2) is 4.46. The van der Waals surface area contributed by atoms with Gasteiger partial charge in [-0.1, -0.05) is 0 Å². The zero-order valence-corrected chi connectivity index (χ0v) is 10.3. The summed E-state index contributed by atoms with van der Waals surface area (Å²) in [5.41, 5.74) is 0.0251. The summed E-state index contributed by atoms with van der Waals surface area (Å²) < 4.78 is 38.9. The molecule has 0 N–H and O–H groups in total. The van der Waals surface area contributed by atoms with E-state index in [2.05, 4.69) is 21.0 Å². The molecule has 0 unspecified atom stereocenters. The van der Waals surface area contributed by atoms with Crippen molar-refractivity contribution in [2.24, 2.45) is 0 Å². The van der Waals surface area contributed by atoms with Gasteiger partial charge in [0.2, 0.25) is 0 Å². The van der Waals surface area contributed by atoms with Gasteiger partial charge in [0.05, 0.1) is 29.1 Å². The molecule has 18 heavy (non-hydrogen) atoms. The van der Waals surface area contributed by atoms with Crippen molar-refractivity contribution in [2.75, 3.05) is 0 Å². The number of hydrogen-bond donors (Lipinski definition) is 0. The Labute approximate surface area is 109 Å². The standard InChI is InChI=1S/C11H5BrF3N3/c12-9-3-7(4-16)1-2-10(9)18-6-8(5-17-18)11(13,14)15/h1-3,5-6H. The molecule has 0 amide bonds. The Kier molecular flexibility index (Phi) is 3.13. The molecule has 3 nitrogen and oxygen atoms in total. The van der Waals surface area contributed by atoms with Gasteiger partial charge in [-0.3, -0.25) is 0 Å². The first-order valence-corrected chi connectivity index (χ1v) is 5.53. The van der Waals surface area contributed by atoms with E-state index in [0.29, 0.717) is 15.7 Å². The average Bonchev–Trinajstić information content (AvgIpc) is 2.77. The van der Waals surface area contributed by atoms with Crippen molar-refractivity contribution >= 4 is 15.9 Å². The van der Waals surface area contributed by atoms with Gasteiger partial charge in [-0.25, -0.2) is 4.68 Å². The zero-order chi connectivity index (χ0) is 13.3. The predicted octanol–water partition coefficient (Wildman–Crippen LogP) is 3.53. The van der Waals surface area contributed by atoms with Crippen molar-refractivity contribution < 1.29 is 13.2 Å². The maximum Gasteiger partial charge on any atom is 0.419 e. The second-order valence-electron chi connectivity index (χ2n) is 3.45. The average molecular weight is 316 g/mol. The van der Waals surface area contributed by atoms with Crippen molar-refractivity contribution in [3.63, 3.8) is 0 Å². The lowest BCUT2D eigenvalue weighted by molar-refractivity contribution is -0.137. The molecule has 1 heterocycles. The Balaban J connectivity index is 2.44. The zero-order valence-electron chi connectivity index (χ0n) is 8.74. The first-order chi connectivity index (χ1) is 8.41. The number of nitriles is 1. The van der Waals surface area contributed by atoms with Crippen molar-refractivity contribution in [1.82, 2.24) is 9.78 Å². The quantitative estimate of drug-likeness (QED) is 0.808. The van der Waals surface area contributed by atoms with E-state index in [1.807, 2.05) is 6.07 Å². The maximum atomic E-state index is 12.4. The summed E-state index contributed by atoms with van der Waals surface area (Å²) >= 11 is 3.19. The van der Waals surface area contributed by atoms with E-state index in [-0.39, 0.29) is 0 Å². The molecule has 0 saturated carbocycles. The summed E-state index contributed by atoms with van der Waals surface area (Å²) in [6.07, 6.45) is -2.77. The molecule has 0 atom stereocenters. The van der Waals surface area contributed by atoms with E-state index in [9.17, 15) is 13.2 Å². The van der Waals surface area contributed by atoms with E-state index in [1.165, 1.54) is 18.2 Å². The van der Waals surface area contributed by atoms with Crippen molar-refractivity contribution in [1.29, 1.82) is 5.26 Å². The van der Waals surface area contributed by atoms with Gasteiger partial charge in [0.25, 0.3) is 0 Å². The van der Waals surface area contributed by atoms with Crippen LogP contribution in [0.5, 0.6) is 0 Å². The van der Waals surface area contributed by atoms with Crippen LogP contribution < -0.4 is 0 Å². The number of halogens is 4. The minimum Gasteiger partial charge on any atom is -0.239 e. The van der Waals surface area contributed by atoms with Crippen LogP contribution in [-0.4, -0.2) is 9.78 Å². The van der Waals surface area contributed by atoms with E-state index in [1.54, 1.807) is 0 Å². The van der Waals surface area contributed by atoms with Crippen LogP contribution in [0, 0.1) is 11.3 Å². The van der Waals surface area contributed by atoms with Gasteiger partial charge in [0.15, 0.2) is 0 Å². The Morgan fingerprint density at radius 1 is 1.33 bits per heavy atom. The Bertz CT molecular complexity index is 625. The molecule has 92 valence electrons. The molecular formula is C11H5BrF3N3. The number of benzene rings is 1. The predicted molar refractivity (Wildman–Crippen MR) is 61.0 cm³/mol. The molecule has 7 heteroatoms. The highest BCUT2D eigenvalue weighted by molar-refractivity contribution is 9.10. The highest BCUT2D eigenvalue weighted by Gasteiger charge is 2.32. The molecule has 0 aliphatic carbocycles. The fraction of sp³-hybridized carbons (Fsp3) is 0.0909. The molecular weight excluding hydrogens is 311 g/mol. The normalized spacial score (nSPS) is 11.3. The maximum absolute atomic E-state index is 12.4. The molecule has 0 aliphatic rings. The van der Waals surface area contributed by atoms with Gasteiger partial charge in [-0.05, 0) is 34.1 Å². The summed E-state index contributed by atoms with van der Waals surface area (Å²) in [5.74, 6) is 0. The Hall–Kier alpha value is -1.81. The summed E-state index contributed by atoms with van der Waals surface area (Å²) in [4.78, 5) is 0. The number of rotatable bonds is 1. The molecule has 0 spiro atoms. The minimum atomic E-state index is -4.42. The van der Waals surface area contributed by atoms with Crippen LogP contribution in [0.2, 0.25) is 0 Å². The summed E-state index contributed by atoms with van der Waals surface area (Å²) in [7, 11) is 0. The largest absolute Gasteiger partial charge is 0.419 e. The molecule has 0 fully saturated rings. The van der Waals surface area contributed by atoms with Crippen LogP contribution in [0.4, 0.5) is 13.2 Å². The second-order valence-corrected chi connectivity index (χ2v) is 4.30. The number of nitrogens with zero attached hydrogens (tertiary/aromatic N) is 3. The minimum absolute atomic E-state index is 0.411. The highest BCUT2D eigenvalue weighted by atomic mass is 79.9. The third kappa shape index (κ3) is 2.38. The smallest absolute Gasteiger partial charge is 0.239 e. The fourth-order valence-electron chi connectivity index (χ4n) is 1.36. The monoisotopic (exact) mass is 315 g/mol. The number of aromatic nitrogens is 2. The lowest BCUT2D eigenvalue weighted by atomic mass is 10.2. The van der Waals surface area contributed by atoms with Gasteiger partial charge in [-0.15, -0.1) is 0 Å². The van der Waals surface area contributed by atoms with Crippen LogP contribution in [-0.2, 0) is 6.18 Å². The number of hydrogen-bond acceptors (Lipinski definition) is 2. The molecule has 1 aromatic heterocycles. The summed E-state index contributed by atoms with van der Waals surface area (Å²) in [6, 6.07) is 6.49. The van der Waals surface area contributed by atoms with Crippen molar-refractivity contribution in [2.45, 2.75) is 6.18 Å². The molecule has 2 aromatic rings. The van der Waals surface area contributed by atoms with Gasteiger partial charge in [-0.2, -0.15) is 23.5 Å². The van der Waals surface area contributed by atoms with E-state index >= 15 is 0 Å². The summed E-state index contributed by atoms with van der Waals surface area (Å²) in [5, 5.41) is 12.3. The third-order valence-corrected chi connectivity index (χ3v) is 2.87. The lowest BCUT2D eigenvalue weighted by Gasteiger charge is -2.05. The van der Waals surface area contributed by atoms with Gasteiger partial charge < -0.3 is 0 Å². The third-order valence-electron chi connectivity index (χ3n) is 2.23. The molecule has 0 saturated heterocycles. The first kappa shape index (κ1) is 12.6. The lowest BCUT2D eigenvalue weighted by Crippen LogP contribution is -2.03. The van der Waals surface area contributed by atoms with Gasteiger partial charge in [0.1, 0.15) is 0 Å². The fourth-order valence-corrected chi connectivity index (χ4v) is 1.92. The topological polar surface area (TPSA) is 41.6 Å². The SMILES string of the molecule is N#Cc1ccc(-n2cc(C(F)(F)F)cn2)c(Br)c1. The number of alkyl halides is 3. The highest BCUT2D eigenvalue weighted by Crippen LogP contribution is 2.30. The molecule has 1 aromatic carbocycles. The van der Waals surface area contributed by atoms with Gasteiger partial charge >= 0.3 is 6.18 Å². The molecule has 0 bridgehead atoms. The van der Waals surface area contributed by atoms with E-state index < -0.39 is 11.7 Å². The van der Waals surface area contributed by atoms with Gasteiger partial charge in [0, 0.05) is 10.7 Å². The van der Waals surface area contributed by atoms with Crippen LogP contribution in [0.25, 0.3) is 5.69 Å². The van der Waals surface area contributed by atoms with Crippen LogP contribution in [0.3, 0.4) is 0 Å². The van der Waals surface area contributed by atoms with E-state index in [4.69, 9.17) is 5.26 Å². The molecule has 0 aliphatic heterocycles. The first-order valence-electron chi connectivity index (χ1n) is 4.73.